The van der Waals surface area contributed by atoms with Crippen LogP contribution in [0.4, 0.5) is 0 Å². The highest BCUT2D eigenvalue weighted by Gasteiger charge is 2.32. The molecule has 0 aliphatic carbocycles. The molecule has 1 saturated heterocycles. The Labute approximate surface area is 116 Å². The molecule has 1 aromatic carbocycles. The molecule has 0 bridgehead atoms. The van der Waals surface area contributed by atoms with Gasteiger partial charge in [0.15, 0.2) is 0 Å². The molecule has 1 aliphatic rings. The number of nitrogens with one attached hydrogen (secondary N) is 1. The van der Waals surface area contributed by atoms with Crippen LogP contribution in [0.5, 0.6) is 0 Å². The quantitative estimate of drug-likeness (QED) is 0.900. The van der Waals surface area contributed by atoms with Crippen LogP contribution in [0, 0.1) is 0 Å². The van der Waals surface area contributed by atoms with Gasteiger partial charge in [-0.25, -0.2) is 0 Å². The summed E-state index contributed by atoms with van der Waals surface area (Å²) in [5, 5.41) is 3.72. The van der Waals surface area contributed by atoms with E-state index in [1.807, 2.05) is 0 Å². The second-order valence-corrected chi connectivity index (χ2v) is 5.75. The van der Waals surface area contributed by atoms with Gasteiger partial charge in [-0.05, 0) is 38.9 Å². The van der Waals surface area contributed by atoms with Crippen LogP contribution in [0.1, 0.15) is 25.8 Å². The van der Waals surface area contributed by atoms with Crippen LogP contribution in [0.2, 0.25) is 0 Å². The van der Waals surface area contributed by atoms with Crippen molar-refractivity contribution in [2.75, 3.05) is 33.4 Å². The second-order valence-electron chi connectivity index (χ2n) is 5.75. The Morgan fingerprint density at radius 1 is 1.37 bits per heavy atom. The van der Waals surface area contributed by atoms with Crippen LogP contribution in [-0.4, -0.2) is 44.3 Å². The zero-order valence-electron chi connectivity index (χ0n) is 12.4. The summed E-state index contributed by atoms with van der Waals surface area (Å²) < 4.78 is 5.31. The van der Waals surface area contributed by atoms with Crippen molar-refractivity contribution in [1.29, 1.82) is 0 Å². The third-order valence-electron chi connectivity index (χ3n) is 4.10. The van der Waals surface area contributed by atoms with E-state index in [2.05, 4.69) is 54.4 Å². The third-order valence-corrected chi connectivity index (χ3v) is 4.10. The van der Waals surface area contributed by atoms with Gasteiger partial charge in [0.05, 0.1) is 12.1 Å². The van der Waals surface area contributed by atoms with Gasteiger partial charge < -0.3 is 10.1 Å². The van der Waals surface area contributed by atoms with Crippen LogP contribution in [0.15, 0.2) is 30.3 Å². The van der Waals surface area contributed by atoms with Gasteiger partial charge in [-0.15, -0.1) is 0 Å². The molecule has 0 aromatic heterocycles. The predicted octanol–water partition coefficient (Wildman–Crippen LogP) is 2.23. The molecule has 19 heavy (non-hydrogen) atoms. The number of ether oxygens (including phenoxy) is 1. The Hall–Kier alpha value is -0.900. The van der Waals surface area contributed by atoms with Crippen molar-refractivity contribution in [3.63, 3.8) is 0 Å². The first-order valence-corrected chi connectivity index (χ1v) is 7.19. The standard InChI is InChI=1S/C16H26N2O/c1-14(12-19-3)18-11-7-10-17-16(2,13-18)15-8-5-4-6-9-15/h4-6,8-9,14,17H,7,10-13H2,1-3H3. The average molecular weight is 262 g/mol. The van der Waals surface area contributed by atoms with E-state index in [4.69, 9.17) is 4.74 Å². The van der Waals surface area contributed by atoms with Crippen molar-refractivity contribution in [2.45, 2.75) is 31.8 Å². The van der Waals surface area contributed by atoms with E-state index in [1.54, 1.807) is 7.11 Å². The molecule has 2 rings (SSSR count). The van der Waals surface area contributed by atoms with Crippen molar-refractivity contribution < 1.29 is 4.74 Å². The fourth-order valence-electron chi connectivity index (χ4n) is 2.91. The lowest BCUT2D eigenvalue weighted by molar-refractivity contribution is 0.0873. The normalized spacial score (nSPS) is 26.9. The van der Waals surface area contributed by atoms with Crippen molar-refractivity contribution in [3.8, 4) is 0 Å². The number of hydrogen-bond donors (Lipinski definition) is 1. The van der Waals surface area contributed by atoms with E-state index >= 15 is 0 Å². The van der Waals surface area contributed by atoms with Crippen LogP contribution < -0.4 is 5.32 Å². The van der Waals surface area contributed by atoms with E-state index in [9.17, 15) is 0 Å². The molecule has 2 atom stereocenters. The van der Waals surface area contributed by atoms with Crippen LogP contribution >= 0.6 is 0 Å². The van der Waals surface area contributed by atoms with E-state index in [0.29, 0.717) is 6.04 Å². The van der Waals surface area contributed by atoms with Crippen LogP contribution in [0.25, 0.3) is 0 Å². The molecule has 1 aromatic rings. The van der Waals surface area contributed by atoms with E-state index < -0.39 is 0 Å². The molecule has 2 unspecified atom stereocenters. The van der Waals surface area contributed by atoms with Gasteiger partial charge in [0.2, 0.25) is 0 Å². The van der Waals surface area contributed by atoms with Crippen LogP contribution in [0.3, 0.4) is 0 Å². The Morgan fingerprint density at radius 2 is 2.11 bits per heavy atom. The third kappa shape index (κ3) is 3.56. The molecule has 0 spiro atoms. The summed E-state index contributed by atoms with van der Waals surface area (Å²) in [6.07, 6.45) is 1.19. The summed E-state index contributed by atoms with van der Waals surface area (Å²) in [5.74, 6) is 0. The Morgan fingerprint density at radius 3 is 2.79 bits per heavy atom. The first-order valence-electron chi connectivity index (χ1n) is 7.19. The van der Waals surface area contributed by atoms with Gasteiger partial charge in [-0.2, -0.15) is 0 Å². The van der Waals surface area contributed by atoms with Crippen molar-refractivity contribution in [1.82, 2.24) is 10.2 Å². The van der Waals surface area contributed by atoms with E-state index in [0.717, 1.165) is 26.2 Å². The highest BCUT2D eigenvalue weighted by Crippen LogP contribution is 2.25. The SMILES string of the molecule is COCC(C)N1CCCNC(C)(c2ccccc2)C1. The maximum absolute atomic E-state index is 5.31. The lowest BCUT2D eigenvalue weighted by atomic mass is 9.91. The van der Waals surface area contributed by atoms with E-state index in [-0.39, 0.29) is 5.54 Å². The monoisotopic (exact) mass is 262 g/mol. The second kappa shape index (κ2) is 6.51. The molecule has 1 aliphatic heterocycles. The van der Waals surface area contributed by atoms with E-state index in [1.165, 1.54) is 12.0 Å². The zero-order valence-corrected chi connectivity index (χ0v) is 12.4. The fraction of sp³-hybridized carbons (Fsp3) is 0.625. The molecule has 106 valence electrons. The minimum Gasteiger partial charge on any atom is -0.383 e. The predicted molar refractivity (Wildman–Crippen MR) is 79.3 cm³/mol. The van der Waals surface area contributed by atoms with Gasteiger partial charge in [-0.1, -0.05) is 30.3 Å². The summed E-state index contributed by atoms with van der Waals surface area (Å²) in [6.45, 7) is 8.59. The Kier molecular flexibility index (Phi) is 4.97. The number of benzene rings is 1. The molecule has 0 amide bonds. The largest absolute Gasteiger partial charge is 0.383 e. The summed E-state index contributed by atoms with van der Waals surface area (Å²) in [4.78, 5) is 2.54. The molecule has 1 fully saturated rings. The molecule has 1 heterocycles. The first kappa shape index (κ1) is 14.5. The first-order chi connectivity index (χ1) is 9.15. The molecular formula is C16H26N2O. The minimum atomic E-state index is 0.0275. The van der Waals surface area contributed by atoms with Gasteiger partial charge in [0.25, 0.3) is 0 Å². The average Bonchev–Trinajstić information content (AvgIpc) is 2.63. The summed E-state index contributed by atoms with van der Waals surface area (Å²) in [5.41, 5.74) is 1.39. The van der Waals surface area contributed by atoms with Crippen molar-refractivity contribution >= 4 is 0 Å². The minimum absolute atomic E-state index is 0.0275. The van der Waals surface area contributed by atoms with Gasteiger partial charge in [0, 0.05) is 19.7 Å². The molecular weight excluding hydrogens is 236 g/mol. The number of hydrogen-bond acceptors (Lipinski definition) is 3. The maximum Gasteiger partial charge on any atom is 0.0615 e. The highest BCUT2D eigenvalue weighted by molar-refractivity contribution is 5.24. The summed E-state index contributed by atoms with van der Waals surface area (Å²) >= 11 is 0. The number of nitrogens with zero attached hydrogens (tertiary/aromatic N) is 1. The topological polar surface area (TPSA) is 24.5 Å². The molecule has 0 saturated carbocycles. The van der Waals surface area contributed by atoms with Gasteiger partial charge in [-0.3, -0.25) is 4.90 Å². The fourth-order valence-corrected chi connectivity index (χ4v) is 2.91. The number of methoxy groups -OCH3 is 1. The lowest BCUT2D eigenvalue weighted by Crippen LogP contribution is -2.49. The summed E-state index contributed by atoms with van der Waals surface area (Å²) in [6, 6.07) is 11.2. The van der Waals surface area contributed by atoms with Gasteiger partial charge in [0.1, 0.15) is 0 Å². The molecule has 3 nitrogen and oxygen atoms in total. The Balaban J connectivity index is 2.16. The van der Waals surface area contributed by atoms with Crippen molar-refractivity contribution in [3.05, 3.63) is 35.9 Å². The highest BCUT2D eigenvalue weighted by atomic mass is 16.5. The smallest absolute Gasteiger partial charge is 0.0615 e. The van der Waals surface area contributed by atoms with Gasteiger partial charge >= 0.3 is 0 Å². The molecule has 1 N–H and O–H groups in total. The number of rotatable bonds is 4. The molecule has 0 radical (unpaired) electrons. The lowest BCUT2D eigenvalue weighted by Gasteiger charge is -2.36. The van der Waals surface area contributed by atoms with Crippen molar-refractivity contribution in [2.24, 2.45) is 0 Å². The summed E-state index contributed by atoms with van der Waals surface area (Å²) in [7, 11) is 1.78. The zero-order chi connectivity index (χ0) is 13.7. The maximum atomic E-state index is 5.31. The van der Waals surface area contributed by atoms with Crippen LogP contribution in [-0.2, 0) is 10.3 Å². The molecule has 3 heteroatoms. The Bertz CT molecular complexity index is 382.